The van der Waals surface area contributed by atoms with E-state index in [1.807, 2.05) is 11.7 Å². The first-order valence-corrected chi connectivity index (χ1v) is 5.12. The van der Waals surface area contributed by atoms with Crippen molar-refractivity contribution in [2.24, 2.45) is 0 Å². The molecule has 1 N–H and O–H groups in total. The first-order chi connectivity index (χ1) is 6.43. The first kappa shape index (κ1) is 10.2. The zero-order valence-corrected chi connectivity index (χ0v) is 8.35. The van der Waals surface area contributed by atoms with E-state index in [1.165, 1.54) is 11.1 Å². The Bertz CT molecular complexity index is 224. The molecule has 1 heterocycles. The van der Waals surface area contributed by atoms with Crippen LogP contribution in [0.15, 0.2) is 24.5 Å². The van der Waals surface area contributed by atoms with E-state index in [1.54, 1.807) is 11.3 Å². The SMILES string of the molecule is C=COCCCNCc1cncs1. The molecule has 13 heavy (non-hydrogen) atoms. The van der Waals surface area contributed by atoms with E-state index in [4.69, 9.17) is 4.74 Å². The van der Waals surface area contributed by atoms with Crippen LogP contribution in [0.25, 0.3) is 0 Å². The molecule has 0 aliphatic rings. The first-order valence-electron chi connectivity index (χ1n) is 4.24. The highest BCUT2D eigenvalue weighted by Crippen LogP contribution is 2.03. The van der Waals surface area contributed by atoms with E-state index in [0.717, 1.165) is 26.1 Å². The molecule has 3 nitrogen and oxygen atoms in total. The maximum Gasteiger partial charge on any atom is 0.0885 e. The van der Waals surface area contributed by atoms with Crippen LogP contribution in [0.3, 0.4) is 0 Å². The van der Waals surface area contributed by atoms with Gasteiger partial charge >= 0.3 is 0 Å². The fourth-order valence-electron chi connectivity index (χ4n) is 0.905. The van der Waals surface area contributed by atoms with Gasteiger partial charge in [-0.3, -0.25) is 4.98 Å². The Balaban J connectivity index is 1.93. The Kier molecular flexibility index (Phi) is 5.20. The summed E-state index contributed by atoms with van der Waals surface area (Å²) >= 11 is 1.67. The lowest BCUT2D eigenvalue weighted by molar-refractivity contribution is 0.244. The van der Waals surface area contributed by atoms with Gasteiger partial charge < -0.3 is 10.1 Å². The quantitative estimate of drug-likeness (QED) is 0.535. The summed E-state index contributed by atoms with van der Waals surface area (Å²) in [6.07, 6.45) is 4.37. The maximum atomic E-state index is 4.98. The molecule has 0 radical (unpaired) electrons. The third kappa shape index (κ3) is 4.65. The Morgan fingerprint density at radius 1 is 1.69 bits per heavy atom. The van der Waals surface area contributed by atoms with E-state index < -0.39 is 0 Å². The average Bonchev–Trinajstić information content (AvgIpc) is 2.63. The molecule has 0 spiro atoms. The van der Waals surface area contributed by atoms with E-state index in [2.05, 4.69) is 16.9 Å². The Labute approximate surface area is 82.5 Å². The van der Waals surface area contributed by atoms with Crippen LogP contribution in [0.4, 0.5) is 0 Å². The number of ether oxygens (including phenoxy) is 1. The second-order valence-electron chi connectivity index (χ2n) is 2.54. The molecule has 1 rings (SSSR count). The van der Waals surface area contributed by atoms with Gasteiger partial charge in [0.15, 0.2) is 0 Å². The summed E-state index contributed by atoms with van der Waals surface area (Å²) in [7, 11) is 0. The molecule has 0 aliphatic carbocycles. The predicted molar refractivity (Wildman–Crippen MR) is 54.6 cm³/mol. The lowest BCUT2D eigenvalue weighted by atomic mass is 10.4. The number of nitrogens with zero attached hydrogens (tertiary/aromatic N) is 1. The molecule has 0 bridgehead atoms. The minimum atomic E-state index is 0.735. The van der Waals surface area contributed by atoms with Gasteiger partial charge in [0.1, 0.15) is 0 Å². The van der Waals surface area contributed by atoms with Gasteiger partial charge in [-0.25, -0.2) is 0 Å². The number of hydrogen-bond acceptors (Lipinski definition) is 4. The molecule has 4 heteroatoms. The zero-order valence-electron chi connectivity index (χ0n) is 7.53. The minimum absolute atomic E-state index is 0.735. The molecule has 1 aromatic heterocycles. The number of thiazole rings is 1. The van der Waals surface area contributed by atoms with Crippen molar-refractivity contribution in [3.63, 3.8) is 0 Å². The zero-order chi connectivity index (χ0) is 9.36. The van der Waals surface area contributed by atoms with Gasteiger partial charge in [-0.1, -0.05) is 6.58 Å². The van der Waals surface area contributed by atoms with Crippen molar-refractivity contribution in [3.05, 3.63) is 29.4 Å². The number of rotatable bonds is 7. The lowest BCUT2D eigenvalue weighted by Gasteiger charge is -2.02. The van der Waals surface area contributed by atoms with E-state index in [0.29, 0.717) is 0 Å². The van der Waals surface area contributed by atoms with Crippen LogP contribution in [-0.4, -0.2) is 18.1 Å². The topological polar surface area (TPSA) is 34.1 Å². The summed E-state index contributed by atoms with van der Waals surface area (Å²) in [6, 6.07) is 0. The maximum absolute atomic E-state index is 4.98. The standard InChI is InChI=1S/C9H14N2OS/c1-2-12-5-3-4-10-6-9-7-11-8-13-9/h2,7-8,10H,1,3-6H2. The van der Waals surface area contributed by atoms with Crippen LogP contribution in [0.1, 0.15) is 11.3 Å². The highest BCUT2D eigenvalue weighted by atomic mass is 32.1. The molecular formula is C9H14N2OS. The van der Waals surface area contributed by atoms with Gasteiger partial charge in [-0.15, -0.1) is 11.3 Å². The van der Waals surface area contributed by atoms with E-state index in [-0.39, 0.29) is 0 Å². The van der Waals surface area contributed by atoms with Gasteiger partial charge in [-0.2, -0.15) is 0 Å². The van der Waals surface area contributed by atoms with Crippen LogP contribution >= 0.6 is 11.3 Å². The lowest BCUT2D eigenvalue weighted by Crippen LogP contribution is -2.15. The molecule has 0 unspecified atom stereocenters. The monoisotopic (exact) mass is 198 g/mol. The van der Waals surface area contributed by atoms with Gasteiger partial charge in [0.05, 0.1) is 18.4 Å². The van der Waals surface area contributed by atoms with Crippen LogP contribution in [0.5, 0.6) is 0 Å². The fourth-order valence-corrected chi connectivity index (χ4v) is 1.47. The second kappa shape index (κ2) is 6.62. The summed E-state index contributed by atoms with van der Waals surface area (Å²) in [6.45, 7) is 6.07. The molecule has 0 aliphatic heterocycles. The van der Waals surface area contributed by atoms with E-state index in [9.17, 15) is 0 Å². The number of nitrogens with one attached hydrogen (secondary N) is 1. The average molecular weight is 198 g/mol. The number of hydrogen-bond donors (Lipinski definition) is 1. The smallest absolute Gasteiger partial charge is 0.0885 e. The number of aromatic nitrogens is 1. The normalized spacial score (nSPS) is 9.85. The molecule has 1 aromatic rings. The van der Waals surface area contributed by atoms with Crippen LogP contribution < -0.4 is 5.32 Å². The second-order valence-corrected chi connectivity index (χ2v) is 3.51. The molecule has 0 aromatic carbocycles. The molecule has 72 valence electrons. The Morgan fingerprint density at radius 3 is 3.31 bits per heavy atom. The van der Waals surface area contributed by atoms with Crippen LogP contribution in [0.2, 0.25) is 0 Å². The van der Waals surface area contributed by atoms with Crippen molar-refractivity contribution in [1.29, 1.82) is 0 Å². The third-order valence-corrected chi connectivity index (χ3v) is 2.30. The Morgan fingerprint density at radius 2 is 2.62 bits per heavy atom. The summed E-state index contributed by atoms with van der Waals surface area (Å²) in [5.74, 6) is 0. The van der Waals surface area contributed by atoms with Crippen molar-refractivity contribution in [3.8, 4) is 0 Å². The molecule has 0 saturated carbocycles. The van der Waals surface area contributed by atoms with Crippen molar-refractivity contribution in [2.45, 2.75) is 13.0 Å². The fraction of sp³-hybridized carbons (Fsp3) is 0.444. The summed E-state index contributed by atoms with van der Waals surface area (Å²) in [5.41, 5.74) is 1.85. The van der Waals surface area contributed by atoms with Gasteiger partial charge in [-0.05, 0) is 13.0 Å². The highest BCUT2D eigenvalue weighted by molar-refractivity contribution is 7.09. The summed E-state index contributed by atoms with van der Waals surface area (Å²) < 4.78 is 4.98. The van der Waals surface area contributed by atoms with Crippen molar-refractivity contribution >= 4 is 11.3 Å². The molecule has 0 amide bonds. The minimum Gasteiger partial charge on any atom is -0.502 e. The van der Waals surface area contributed by atoms with Gasteiger partial charge in [0, 0.05) is 17.6 Å². The van der Waals surface area contributed by atoms with Crippen LogP contribution in [0, 0.1) is 0 Å². The largest absolute Gasteiger partial charge is 0.502 e. The molecule has 0 fully saturated rings. The van der Waals surface area contributed by atoms with Gasteiger partial charge in [0.2, 0.25) is 0 Å². The van der Waals surface area contributed by atoms with Crippen molar-refractivity contribution in [2.75, 3.05) is 13.2 Å². The molecular weight excluding hydrogens is 184 g/mol. The van der Waals surface area contributed by atoms with Crippen LogP contribution in [-0.2, 0) is 11.3 Å². The Hall–Kier alpha value is -0.870. The highest BCUT2D eigenvalue weighted by Gasteiger charge is 1.92. The van der Waals surface area contributed by atoms with Crippen molar-refractivity contribution < 1.29 is 4.74 Å². The molecule has 0 saturated heterocycles. The summed E-state index contributed by atoms with van der Waals surface area (Å²) in [4.78, 5) is 5.26. The predicted octanol–water partition coefficient (Wildman–Crippen LogP) is 1.78. The third-order valence-electron chi connectivity index (χ3n) is 1.52. The summed E-state index contributed by atoms with van der Waals surface area (Å²) in [5, 5.41) is 3.30. The van der Waals surface area contributed by atoms with Gasteiger partial charge in [0.25, 0.3) is 0 Å². The van der Waals surface area contributed by atoms with E-state index >= 15 is 0 Å². The molecule has 0 atom stereocenters. The van der Waals surface area contributed by atoms with Crippen molar-refractivity contribution in [1.82, 2.24) is 10.3 Å².